The zero-order chi connectivity index (χ0) is 9.84. The molecule has 1 saturated heterocycles. The van der Waals surface area contributed by atoms with Gasteiger partial charge in [-0.05, 0) is 25.9 Å². The first-order valence-electron chi connectivity index (χ1n) is 4.32. The van der Waals surface area contributed by atoms with Crippen molar-refractivity contribution in [3.05, 3.63) is 0 Å². The van der Waals surface area contributed by atoms with Gasteiger partial charge in [-0.2, -0.15) is 0 Å². The largest absolute Gasteiger partial charge is 0.480 e. The molecule has 1 rings (SSSR count). The number of hydrogen-bond donors (Lipinski definition) is 3. The molecule has 1 fully saturated rings. The van der Waals surface area contributed by atoms with Crippen molar-refractivity contribution in [3.8, 4) is 0 Å². The maximum atomic E-state index is 11.2. The number of rotatable bonds is 4. The zero-order valence-corrected chi connectivity index (χ0v) is 7.54. The molecule has 0 aliphatic carbocycles. The summed E-state index contributed by atoms with van der Waals surface area (Å²) >= 11 is 0. The highest BCUT2D eigenvalue weighted by Gasteiger charge is 2.22. The van der Waals surface area contributed by atoms with Crippen LogP contribution in [0.25, 0.3) is 0 Å². The van der Waals surface area contributed by atoms with Gasteiger partial charge in [0.1, 0.15) is 6.04 Å². The molecule has 0 aromatic heterocycles. The third-order valence-corrected chi connectivity index (χ3v) is 2.09. The first kappa shape index (κ1) is 9.98. The summed E-state index contributed by atoms with van der Waals surface area (Å²) in [5.41, 5.74) is 0. The number of carboxylic acids is 1. The third kappa shape index (κ3) is 3.02. The van der Waals surface area contributed by atoms with Crippen molar-refractivity contribution in [3.63, 3.8) is 0 Å². The summed E-state index contributed by atoms with van der Waals surface area (Å²) in [6.07, 6.45) is 0.421. The molecule has 1 atom stereocenters. The van der Waals surface area contributed by atoms with Crippen LogP contribution in [-0.4, -0.2) is 36.1 Å². The lowest BCUT2D eigenvalue weighted by molar-refractivity contribution is -0.141. The number of carbonyl (C=O) groups excluding carboxylic acids is 1. The molecule has 0 unspecified atom stereocenters. The summed E-state index contributed by atoms with van der Waals surface area (Å²) < 4.78 is 0. The van der Waals surface area contributed by atoms with Gasteiger partial charge in [-0.25, -0.2) is 0 Å². The van der Waals surface area contributed by atoms with E-state index in [2.05, 4.69) is 10.6 Å². The van der Waals surface area contributed by atoms with Crippen LogP contribution in [0.1, 0.15) is 13.3 Å². The summed E-state index contributed by atoms with van der Waals surface area (Å²) in [6.45, 7) is 3.17. The second-order valence-corrected chi connectivity index (χ2v) is 3.36. The lowest BCUT2D eigenvalue weighted by Crippen LogP contribution is -2.46. The van der Waals surface area contributed by atoms with Crippen LogP contribution >= 0.6 is 0 Å². The molecule has 3 N–H and O–H groups in total. The summed E-state index contributed by atoms with van der Waals surface area (Å²) in [4.78, 5) is 21.5. The van der Waals surface area contributed by atoms with E-state index >= 15 is 0 Å². The molecule has 13 heavy (non-hydrogen) atoms. The highest BCUT2D eigenvalue weighted by Crippen LogP contribution is 2.07. The Morgan fingerprint density at radius 3 is 2.62 bits per heavy atom. The molecule has 0 bridgehead atoms. The highest BCUT2D eigenvalue weighted by molar-refractivity contribution is 5.83. The SMILES string of the molecule is C[C@@H](NC(=O)CC1CNC1)C(=O)O. The minimum absolute atomic E-state index is 0.179. The molecular weight excluding hydrogens is 172 g/mol. The molecule has 1 heterocycles. The fourth-order valence-electron chi connectivity index (χ4n) is 1.12. The molecule has 0 spiro atoms. The Labute approximate surface area is 76.5 Å². The van der Waals surface area contributed by atoms with Crippen molar-refractivity contribution >= 4 is 11.9 Å². The maximum absolute atomic E-state index is 11.2. The van der Waals surface area contributed by atoms with Crippen LogP contribution in [-0.2, 0) is 9.59 Å². The van der Waals surface area contributed by atoms with Crippen LogP contribution in [0.15, 0.2) is 0 Å². The third-order valence-electron chi connectivity index (χ3n) is 2.09. The topological polar surface area (TPSA) is 78.4 Å². The molecule has 0 aromatic rings. The Kier molecular flexibility index (Phi) is 3.25. The Morgan fingerprint density at radius 2 is 2.23 bits per heavy atom. The van der Waals surface area contributed by atoms with E-state index in [4.69, 9.17) is 5.11 Å². The van der Waals surface area contributed by atoms with E-state index in [0.717, 1.165) is 13.1 Å². The van der Waals surface area contributed by atoms with Crippen LogP contribution < -0.4 is 10.6 Å². The van der Waals surface area contributed by atoms with Crippen molar-refractivity contribution in [1.82, 2.24) is 10.6 Å². The fourth-order valence-corrected chi connectivity index (χ4v) is 1.12. The van der Waals surface area contributed by atoms with Crippen LogP contribution in [0.2, 0.25) is 0 Å². The monoisotopic (exact) mass is 186 g/mol. The average Bonchev–Trinajstić information content (AvgIpc) is 1.96. The van der Waals surface area contributed by atoms with Crippen LogP contribution in [0.5, 0.6) is 0 Å². The van der Waals surface area contributed by atoms with Crippen LogP contribution in [0.4, 0.5) is 0 Å². The second kappa shape index (κ2) is 4.23. The minimum Gasteiger partial charge on any atom is -0.480 e. The molecule has 0 radical (unpaired) electrons. The molecule has 1 aliphatic rings. The molecule has 1 aliphatic heterocycles. The van der Waals surface area contributed by atoms with E-state index in [1.807, 2.05) is 0 Å². The summed E-state index contributed by atoms with van der Waals surface area (Å²) in [6, 6.07) is -0.791. The van der Waals surface area contributed by atoms with Crippen molar-refractivity contribution in [2.45, 2.75) is 19.4 Å². The van der Waals surface area contributed by atoms with Gasteiger partial charge >= 0.3 is 5.97 Å². The summed E-state index contributed by atoms with van der Waals surface area (Å²) in [5, 5.41) is 14.0. The number of carbonyl (C=O) groups is 2. The number of nitrogens with one attached hydrogen (secondary N) is 2. The molecular formula is C8H14N2O3. The summed E-state index contributed by atoms with van der Waals surface area (Å²) in [7, 11) is 0. The lowest BCUT2D eigenvalue weighted by Gasteiger charge is -2.26. The number of hydrogen-bond acceptors (Lipinski definition) is 3. The van der Waals surface area contributed by atoms with Gasteiger partial charge in [-0.3, -0.25) is 9.59 Å². The number of aliphatic carboxylic acids is 1. The number of carboxylic acid groups (broad SMARTS) is 1. The van der Waals surface area contributed by atoms with Gasteiger partial charge in [0.15, 0.2) is 0 Å². The van der Waals surface area contributed by atoms with Gasteiger partial charge in [-0.15, -0.1) is 0 Å². The standard InChI is InChI=1S/C8H14N2O3/c1-5(8(12)13)10-7(11)2-6-3-9-4-6/h5-6,9H,2-4H2,1H3,(H,10,11)(H,12,13)/t5-/m1/s1. The van der Waals surface area contributed by atoms with Gasteiger partial charge < -0.3 is 15.7 Å². The average molecular weight is 186 g/mol. The van der Waals surface area contributed by atoms with Crippen molar-refractivity contribution in [1.29, 1.82) is 0 Å². The van der Waals surface area contributed by atoms with E-state index in [0.29, 0.717) is 12.3 Å². The van der Waals surface area contributed by atoms with Crippen LogP contribution in [0, 0.1) is 5.92 Å². The van der Waals surface area contributed by atoms with Gasteiger partial charge in [0.05, 0.1) is 0 Å². The van der Waals surface area contributed by atoms with Crippen molar-refractivity contribution < 1.29 is 14.7 Å². The second-order valence-electron chi connectivity index (χ2n) is 3.36. The van der Waals surface area contributed by atoms with Crippen LogP contribution in [0.3, 0.4) is 0 Å². The van der Waals surface area contributed by atoms with E-state index < -0.39 is 12.0 Å². The maximum Gasteiger partial charge on any atom is 0.325 e. The summed E-state index contributed by atoms with van der Waals surface area (Å²) in [5.74, 6) is -0.803. The van der Waals surface area contributed by atoms with E-state index in [1.165, 1.54) is 6.92 Å². The zero-order valence-electron chi connectivity index (χ0n) is 7.54. The molecule has 74 valence electrons. The van der Waals surface area contributed by atoms with E-state index in [1.54, 1.807) is 0 Å². The smallest absolute Gasteiger partial charge is 0.325 e. The predicted octanol–water partition coefficient (Wildman–Crippen LogP) is -0.815. The Balaban J connectivity index is 2.19. The van der Waals surface area contributed by atoms with Crippen molar-refractivity contribution in [2.24, 2.45) is 5.92 Å². The molecule has 5 heteroatoms. The minimum atomic E-state index is -1.000. The fraction of sp³-hybridized carbons (Fsp3) is 0.750. The molecule has 5 nitrogen and oxygen atoms in total. The molecule has 0 aromatic carbocycles. The molecule has 0 saturated carbocycles. The van der Waals surface area contributed by atoms with E-state index in [-0.39, 0.29) is 5.91 Å². The van der Waals surface area contributed by atoms with Gasteiger partial charge in [-0.1, -0.05) is 0 Å². The van der Waals surface area contributed by atoms with Crippen molar-refractivity contribution in [2.75, 3.05) is 13.1 Å². The van der Waals surface area contributed by atoms with Gasteiger partial charge in [0.25, 0.3) is 0 Å². The lowest BCUT2D eigenvalue weighted by atomic mass is 9.99. The Bertz CT molecular complexity index is 213. The predicted molar refractivity (Wildman–Crippen MR) is 46.2 cm³/mol. The van der Waals surface area contributed by atoms with Gasteiger partial charge in [0, 0.05) is 6.42 Å². The van der Waals surface area contributed by atoms with Gasteiger partial charge in [0.2, 0.25) is 5.91 Å². The normalized spacial score (nSPS) is 18.8. The first-order valence-corrected chi connectivity index (χ1v) is 4.32. The Hall–Kier alpha value is -1.10. The highest BCUT2D eigenvalue weighted by atomic mass is 16.4. The quantitative estimate of drug-likeness (QED) is 0.536. The number of amides is 1. The molecule has 1 amide bonds. The Morgan fingerprint density at radius 1 is 1.62 bits per heavy atom. The van der Waals surface area contributed by atoms with E-state index in [9.17, 15) is 9.59 Å². The first-order chi connectivity index (χ1) is 6.09.